The fraction of sp³-hybridized carbons (Fsp3) is 0.118. The Balaban J connectivity index is 1.76. The van der Waals surface area contributed by atoms with E-state index < -0.39 is 0 Å². The molecule has 4 rings (SSSR count). The van der Waals surface area contributed by atoms with Crippen molar-refractivity contribution < 1.29 is 4.42 Å². The van der Waals surface area contributed by atoms with Crippen molar-refractivity contribution in [2.75, 3.05) is 0 Å². The monoisotopic (exact) mass is 306 g/mol. The summed E-state index contributed by atoms with van der Waals surface area (Å²) in [7, 11) is 0. The van der Waals surface area contributed by atoms with Gasteiger partial charge in [0.2, 0.25) is 0 Å². The number of aromatic amines is 1. The fourth-order valence-corrected chi connectivity index (χ4v) is 2.58. The molecule has 1 aromatic carbocycles. The zero-order chi connectivity index (χ0) is 15.8. The van der Waals surface area contributed by atoms with Gasteiger partial charge in [-0.05, 0) is 31.2 Å². The van der Waals surface area contributed by atoms with E-state index in [1.807, 2.05) is 37.3 Å². The summed E-state index contributed by atoms with van der Waals surface area (Å²) in [4.78, 5) is 15.4. The van der Waals surface area contributed by atoms with Crippen LogP contribution in [0.1, 0.15) is 18.7 Å². The number of rotatable bonds is 3. The number of nitrogens with one attached hydrogen (secondary N) is 1. The first kappa shape index (κ1) is 13.5. The van der Waals surface area contributed by atoms with E-state index in [1.54, 1.807) is 29.3 Å². The molecule has 0 aliphatic carbocycles. The predicted molar refractivity (Wildman–Crippen MR) is 86.1 cm³/mol. The van der Waals surface area contributed by atoms with Gasteiger partial charge in [0, 0.05) is 17.0 Å². The van der Waals surface area contributed by atoms with Crippen LogP contribution in [0, 0.1) is 0 Å². The van der Waals surface area contributed by atoms with Crippen molar-refractivity contribution in [1.29, 1.82) is 0 Å². The molecule has 0 spiro atoms. The molecular weight excluding hydrogens is 292 g/mol. The van der Waals surface area contributed by atoms with Crippen LogP contribution >= 0.6 is 0 Å². The maximum Gasteiger partial charge on any atom is 0.190 e. The summed E-state index contributed by atoms with van der Waals surface area (Å²) in [6.45, 7) is 1.97. The molecule has 3 aromatic heterocycles. The van der Waals surface area contributed by atoms with E-state index in [1.165, 1.54) is 0 Å². The number of pyridine rings is 1. The number of para-hydroxylation sites is 1. The molecule has 1 N–H and O–H groups in total. The van der Waals surface area contributed by atoms with Gasteiger partial charge in [-0.2, -0.15) is 0 Å². The topological polar surface area (TPSA) is 76.7 Å². The van der Waals surface area contributed by atoms with Crippen LogP contribution < -0.4 is 5.43 Å². The van der Waals surface area contributed by atoms with Crippen molar-refractivity contribution in [3.05, 3.63) is 70.9 Å². The minimum atomic E-state index is -0.0709. The van der Waals surface area contributed by atoms with Gasteiger partial charge in [-0.25, -0.2) is 4.68 Å². The number of fused-ring (bicyclic) bond motifs is 1. The first-order valence-corrected chi connectivity index (χ1v) is 7.30. The van der Waals surface area contributed by atoms with Crippen molar-refractivity contribution in [2.45, 2.75) is 13.0 Å². The molecule has 6 heteroatoms. The minimum absolute atomic E-state index is 0.0389. The van der Waals surface area contributed by atoms with Crippen LogP contribution in [0.2, 0.25) is 0 Å². The summed E-state index contributed by atoms with van der Waals surface area (Å²) in [5, 5.41) is 8.97. The van der Waals surface area contributed by atoms with Crippen molar-refractivity contribution in [1.82, 2.24) is 20.0 Å². The van der Waals surface area contributed by atoms with Gasteiger partial charge in [0.15, 0.2) is 5.43 Å². The lowest BCUT2D eigenvalue weighted by molar-refractivity contribution is 0.419. The second kappa shape index (κ2) is 5.24. The lowest BCUT2D eigenvalue weighted by Crippen LogP contribution is -2.06. The van der Waals surface area contributed by atoms with E-state index in [0.29, 0.717) is 16.8 Å². The van der Waals surface area contributed by atoms with E-state index in [9.17, 15) is 4.79 Å². The van der Waals surface area contributed by atoms with Gasteiger partial charge in [-0.15, -0.1) is 5.10 Å². The van der Waals surface area contributed by atoms with Gasteiger partial charge in [0.25, 0.3) is 0 Å². The molecular formula is C17H14N4O2. The molecule has 0 bridgehead atoms. The van der Waals surface area contributed by atoms with Crippen molar-refractivity contribution >= 4 is 10.9 Å². The van der Waals surface area contributed by atoms with Gasteiger partial charge in [0.05, 0.1) is 18.2 Å². The molecule has 114 valence electrons. The van der Waals surface area contributed by atoms with Crippen LogP contribution in [0.4, 0.5) is 0 Å². The molecule has 0 fully saturated rings. The minimum Gasteiger partial charge on any atom is -0.467 e. The standard InChI is InChI=1S/C17H14N4O2/c1-11(17-7-4-8-23-17)21-10-15(19-20-21)14-9-16(22)12-5-2-3-6-13(12)18-14/h2-11H,1H3,(H,18,22)/t11-/m0/s1. The highest BCUT2D eigenvalue weighted by atomic mass is 16.3. The molecule has 1 atom stereocenters. The molecule has 0 aliphatic heterocycles. The van der Waals surface area contributed by atoms with Crippen LogP contribution in [0.5, 0.6) is 0 Å². The smallest absolute Gasteiger partial charge is 0.190 e. The van der Waals surface area contributed by atoms with Crippen LogP contribution in [0.3, 0.4) is 0 Å². The summed E-state index contributed by atoms with van der Waals surface area (Å²) in [5.41, 5.74) is 2.00. The maximum atomic E-state index is 12.2. The van der Waals surface area contributed by atoms with Crippen molar-refractivity contribution in [3.63, 3.8) is 0 Å². The average Bonchev–Trinajstić information content (AvgIpc) is 3.26. The number of aromatic nitrogens is 4. The van der Waals surface area contributed by atoms with Gasteiger partial charge >= 0.3 is 0 Å². The highest BCUT2D eigenvalue weighted by Gasteiger charge is 2.14. The zero-order valence-electron chi connectivity index (χ0n) is 12.4. The summed E-state index contributed by atoms with van der Waals surface area (Å²) in [5.74, 6) is 0.799. The summed E-state index contributed by atoms with van der Waals surface area (Å²) in [6.07, 6.45) is 3.43. The Bertz CT molecular complexity index is 1010. The number of hydrogen-bond donors (Lipinski definition) is 1. The van der Waals surface area contributed by atoms with Crippen molar-refractivity contribution in [3.8, 4) is 11.4 Å². The van der Waals surface area contributed by atoms with E-state index >= 15 is 0 Å². The number of H-pyrrole nitrogens is 1. The number of benzene rings is 1. The Morgan fingerprint density at radius 1 is 1.22 bits per heavy atom. The molecule has 3 heterocycles. The van der Waals surface area contributed by atoms with E-state index in [-0.39, 0.29) is 11.5 Å². The molecule has 23 heavy (non-hydrogen) atoms. The summed E-state index contributed by atoms with van der Waals surface area (Å²) < 4.78 is 7.11. The van der Waals surface area contributed by atoms with Crippen molar-refractivity contribution in [2.24, 2.45) is 0 Å². The molecule has 6 nitrogen and oxygen atoms in total. The quantitative estimate of drug-likeness (QED) is 0.631. The number of furan rings is 1. The molecule has 0 saturated heterocycles. The van der Waals surface area contributed by atoms with E-state index in [4.69, 9.17) is 4.42 Å². The van der Waals surface area contributed by atoms with Gasteiger partial charge in [-0.1, -0.05) is 17.3 Å². The third-order valence-corrected chi connectivity index (χ3v) is 3.88. The van der Waals surface area contributed by atoms with Crippen LogP contribution in [-0.2, 0) is 0 Å². The predicted octanol–water partition coefficient (Wildman–Crippen LogP) is 2.99. The highest BCUT2D eigenvalue weighted by molar-refractivity contribution is 5.80. The Kier molecular flexibility index (Phi) is 3.08. The van der Waals surface area contributed by atoms with Crippen LogP contribution in [0.25, 0.3) is 22.3 Å². The maximum absolute atomic E-state index is 12.2. The Morgan fingerprint density at radius 2 is 2.09 bits per heavy atom. The van der Waals surface area contributed by atoms with Gasteiger partial charge in [0.1, 0.15) is 17.5 Å². The molecule has 4 aromatic rings. The van der Waals surface area contributed by atoms with Gasteiger partial charge in [-0.3, -0.25) is 4.79 Å². The van der Waals surface area contributed by atoms with Gasteiger partial charge < -0.3 is 9.40 Å². The largest absolute Gasteiger partial charge is 0.467 e. The first-order chi connectivity index (χ1) is 11.2. The molecule has 0 radical (unpaired) electrons. The molecule has 0 aliphatic rings. The van der Waals surface area contributed by atoms with E-state index in [2.05, 4.69) is 15.3 Å². The Morgan fingerprint density at radius 3 is 2.91 bits per heavy atom. The van der Waals surface area contributed by atoms with Crippen LogP contribution in [-0.4, -0.2) is 20.0 Å². The third kappa shape index (κ3) is 2.34. The lowest BCUT2D eigenvalue weighted by Gasteiger charge is -2.07. The number of nitrogens with zero attached hydrogens (tertiary/aromatic N) is 3. The summed E-state index contributed by atoms with van der Waals surface area (Å²) >= 11 is 0. The Hall–Kier alpha value is -3.15. The normalized spacial score (nSPS) is 12.6. The molecule has 0 amide bonds. The highest BCUT2D eigenvalue weighted by Crippen LogP contribution is 2.20. The zero-order valence-corrected chi connectivity index (χ0v) is 12.4. The number of hydrogen-bond acceptors (Lipinski definition) is 4. The van der Waals surface area contributed by atoms with Crippen LogP contribution in [0.15, 0.2) is 64.1 Å². The summed E-state index contributed by atoms with van der Waals surface area (Å²) in [6, 6.07) is 12.6. The molecule has 0 unspecified atom stereocenters. The first-order valence-electron chi connectivity index (χ1n) is 7.30. The lowest BCUT2D eigenvalue weighted by atomic mass is 10.2. The Labute approximate surface area is 131 Å². The second-order valence-corrected chi connectivity index (χ2v) is 5.37. The second-order valence-electron chi connectivity index (χ2n) is 5.37. The average molecular weight is 306 g/mol. The fourth-order valence-electron chi connectivity index (χ4n) is 2.58. The molecule has 0 saturated carbocycles. The SMILES string of the molecule is C[C@@H](c1ccco1)n1cc(-c2cc(=O)c3ccccc3[nH]2)nn1. The third-order valence-electron chi connectivity index (χ3n) is 3.88. The van der Waals surface area contributed by atoms with E-state index in [0.717, 1.165) is 11.3 Å².